The summed E-state index contributed by atoms with van der Waals surface area (Å²) < 4.78 is 26.3. The molecule has 0 bridgehead atoms. The van der Waals surface area contributed by atoms with Crippen molar-refractivity contribution in [1.82, 2.24) is 4.31 Å². The summed E-state index contributed by atoms with van der Waals surface area (Å²) in [5.74, 6) is -1.03. The predicted molar refractivity (Wildman–Crippen MR) is 75.6 cm³/mol. The predicted octanol–water partition coefficient (Wildman–Crippen LogP) is 2.62. The molecule has 0 amide bonds. The smallest absolute Gasteiger partial charge is 0.304 e. The van der Waals surface area contributed by atoms with E-state index in [0.29, 0.717) is 0 Å². The van der Waals surface area contributed by atoms with Crippen molar-refractivity contribution in [3.63, 3.8) is 0 Å². The van der Waals surface area contributed by atoms with Gasteiger partial charge in [0.1, 0.15) is 0 Å². The van der Waals surface area contributed by atoms with Gasteiger partial charge in [0.15, 0.2) is 0 Å². The molecule has 0 saturated heterocycles. The Hall–Kier alpha value is -0.820. The van der Waals surface area contributed by atoms with E-state index >= 15 is 0 Å². The van der Waals surface area contributed by atoms with Gasteiger partial charge in [0.05, 0.1) is 11.3 Å². The fourth-order valence-corrected chi connectivity index (χ4v) is 4.29. The number of rotatable bonds is 6. The molecule has 1 aliphatic rings. The zero-order valence-electron chi connectivity index (χ0n) is 10.4. The maximum absolute atomic E-state index is 12.5. The lowest BCUT2D eigenvalue weighted by Gasteiger charge is -2.21. The van der Waals surface area contributed by atoms with Gasteiger partial charge in [-0.3, -0.25) is 4.79 Å². The van der Waals surface area contributed by atoms with Crippen LogP contribution in [0.1, 0.15) is 19.3 Å². The van der Waals surface area contributed by atoms with Gasteiger partial charge in [-0.25, -0.2) is 8.42 Å². The fourth-order valence-electron chi connectivity index (χ4n) is 1.88. The highest BCUT2D eigenvalue weighted by molar-refractivity contribution is 7.89. The van der Waals surface area contributed by atoms with Crippen LogP contribution >= 0.6 is 23.2 Å². The Labute approximate surface area is 127 Å². The first-order valence-corrected chi connectivity index (χ1v) is 8.20. The van der Waals surface area contributed by atoms with Gasteiger partial charge < -0.3 is 5.11 Å². The lowest BCUT2D eigenvalue weighted by Crippen LogP contribution is -2.35. The van der Waals surface area contributed by atoms with Gasteiger partial charge in [-0.15, -0.1) is 0 Å². The van der Waals surface area contributed by atoms with Crippen LogP contribution in [0.2, 0.25) is 10.0 Å². The van der Waals surface area contributed by atoms with E-state index in [-0.39, 0.29) is 33.9 Å². The first kappa shape index (κ1) is 15.6. The summed E-state index contributed by atoms with van der Waals surface area (Å²) in [5, 5.41) is 9.18. The summed E-state index contributed by atoms with van der Waals surface area (Å²) in [4.78, 5) is 10.6. The maximum atomic E-state index is 12.5. The van der Waals surface area contributed by atoms with Crippen molar-refractivity contribution in [1.29, 1.82) is 0 Å². The number of carbonyl (C=O) groups is 1. The molecular formula is C12H13Cl2NO4S. The van der Waals surface area contributed by atoms with Crippen molar-refractivity contribution >= 4 is 39.2 Å². The van der Waals surface area contributed by atoms with Crippen LogP contribution < -0.4 is 0 Å². The Balaban J connectivity index is 2.32. The lowest BCUT2D eigenvalue weighted by atomic mass is 10.4. The monoisotopic (exact) mass is 337 g/mol. The normalized spacial score (nSPS) is 15.6. The standard InChI is InChI=1S/C12H13Cl2NO4S/c13-8-5-9(14)7-11(6-8)20(18,19)15(10-1-2-10)4-3-12(16)17/h5-7,10H,1-4H2,(H,16,17). The molecule has 0 aromatic heterocycles. The van der Waals surface area contributed by atoms with Crippen LogP contribution in [0.4, 0.5) is 0 Å². The molecule has 0 radical (unpaired) electrons. The molecule has 1 N–H and O–H groups in total. The highest BCUT2D eigenvalue weighted by Gasteiger charge is 2.38. The SMILES string of the molecule is O=C(O)CCN(C1CC1)S(=O)(=O)c1cc(Cl)cc(Cl)c1. The minimum Gasteiger partial charge on any atom is -0.481 e. The molecule has 20 heavy (non-hydrogen) atoms. The van der Waals surface area contributed by atoms with Crippen LogP contribution in [0.15, 0.2) is 23.1 Å². The van der Waals surface area contributed by atoms with Crippen molar-refractivity contribution in [2.45, 2.75) is 30.2 Å². The molecule has 0 heterocycles. The Morgan fingerprint density at radius 2 is 1.80 bits per heavy atom. The molecule has 1 saturated carbocycles. The third-order valence-electron chi connectivity index (χ3n) is 2.94. The minimum absolute atomic E-state index is 0.00714. The van der Waals surface area contributed by atoms with E-state index in [1.165, 1.54) is 22.5 Å². The average Bonchev–Trinajstić information content (AvgIpc) is 3.11. The third kappa shape index (κ3) is 3.63. The number of carboxylic acid groups (broad SMARTS) is 1. The molecule has 0 aliphatic heterocycles. The Bertz CT molecular complexity index is 608. The molecule has 1 aromatic carbocycles. The number of aliphatic carboxylic acids is 1. The summed E-state index contributed by atoms with van der Waals surface area (Å²) in [5.41, 5.74) is 0. The van der Waals surface area contributed by atoms with Crippen LogP contribution in [0.3, 0.4) is 0 Å². The molecule has 110 valence electrons. The van der Waals surface area contributed by atoms with Crippen LogP contribution in [0.5, 0.6) is 0 Å². The second kappa shape index (κ2) is 5.89. The zero-order valence-corrected chi connectivity index (χ0v) is 12.7. The number of sulfonamides is 1. The molecule has 1 fully saturated rings. The molecule has 5 nitrogen and oxygen atoms in total. The van der Waals surface area contributed by atoms with Crippen LogP contribution in [-0.2, 0) is 14.8 Å². The summed E-state index contributed by atoms with van der Waals surface area (Å²) in [6.45, 7) is -0.0491. The highest BCUT2D eigenvalue weighted by Crippen LogP contribution is 2.33. The van der Waals surface area contributed by atoms with Crippen LogP contribution in [0.25, 0.3) is 0 Å². The van der Waals surface area contributed by atoms with Crippen LogP contribution in [0, 0.1) is 0 Å². The number of hydrogen-bond acceptors (Lipinski definition) is 3. The topological polar surface area (TPSA) is 74.7 Å². The van der Waals surface area contributed by atoms with E-state index in [2.05, 4.69) is 0 Å². The molecule has 1 aromatic rings. The van der Waals surface area contributed by atoms with E-state index in [0.717, 1.165) is 12.8 Å². The van der Waals surface area contributed by atoms with Crippen molar-refractivity contribution in [3.8, 4) is 0 Å². The molecule has 8 heteroatoms. The summed E-state index contributed by atoms with van der Waals surface area (Å²) in [6.07, 6.45) is 1.25. The van der Waals surface area contributed by atoms with Gasteiger partial charge in [-0.1, -0.05) is 23.2 Å². The largest absolute Gasteiger partial charge is 0.481 e. The average molecular weight is 338 g/mol. The van der Waals surface area contributed by atoms with E-state index in [9.17, 15) is 13.2 Å². The quantitative estimate of drug-likeness (QED) is 0.865. The molecule has 0 unspecified atom stereocenters. The molecule has 0 spiro atoms. The summed E-state index contributed by atoms with van der Waals surface area (Å²) in [7, 11) is -3.78. The van der Waals surface area contributed by atoms with Gasteiger partial charge >= 0.3 is 5.97 Å². The summed E-state index contributed by atoms with van der Waals surface area (Å²) >= 11 is 11.6. The molecule has 1 aliphatic carbocycles. The second-order valence-corrected chi connectivity index (χ2v) is 7.36. The van der Waals surface area contributed by atoms with E-state index < -0.39 is 16.0 Å². The minimum atomic E-state index is -3.78. The number of nitrogens with zero attached hydrogens (tertiary/aromatic N) is 1. The Kier molecular flexibility index (Phi) is 4.59. The summed E-state index contributed by atoms with van der Waals surface area (Å²) in [6, 6.07) is 3.95. The van der Waals surface area contributed by atoms with E-state index in [4.69, 9.17) is 28.3 Å². The first-order chi connectivity index (χ1) is 9.30. The molecule has 2 rings (SSSR count). The number of halogens is 2. The molecular weight excluding hydrogens is 325 g/mol. The van der Waals surface area contributed by atoms with Gasteiger partial charge in [0, 0.05) is 22.6 Å². The van der Waals surface area contributed by atoms with Crippen molar-refractivity contribution in [3.05, 3.63) is 28.2 Å². The van der Waals surface area contributed by atoms with Gasteiger partial charge in [0.25, 0.3) is 0 Å². The number of benzene rings is 1. The third-order valence-corrected chi connectivity index (χ3v) is 5.31. The Morgan fingerprint density at radius 1 is 1.25 bits per heavy atom. The number of hydrogen-bond donors (Lipinski definition) is 1. The second-order valence-electron chi connectivity index (χ2n) is 4.60. The van der Waals surface area contributed by atoms with Gasteiger partial charge in [0.2, 0.25) is 10.0 Å². The Morgan fingerprint density at radius 3 is 2.25 bits per heavy atom. The van der Waals surface area contributed by atoms with Gasteiger partial charge in [-0.05, 0) is 31.0 Å². The van der Waals surface area contributed by atoms with Crippen molar-refractivity contribution in [2.75, 3.05) is 6.54 Å². The van der Waals surface area contributed by atoms with Crippen molar-refractivity contribution < 1.29 is 18.3 Å². The number of carboxylic acids is 1. The van der Waals surface area contributed by atoms with Crippen LogP contribution in [-0.4, -0.2) is 36.4 Å². The first-order valence-electron chi connectivity index (χ1n) is 6.00. The van der Waals surface area contributed by atoms with E-state index in [1.54, 1.807) is 0 Å². The van der Waals surface area contributed by atoms with Gasteiger partial charge in [-0.2, -0.15) is 4.31 Å². The highest BCUT2D eigenvalue weighted by atomic mass is 35.5. The zero-order chi connectivity index (χ0) is 14.9. The molecule has 0 atom stereocenters. The van der Waals surface area contributed by atoms with E-state index in [1.807, 2.05) is 0 Å². The van der Waals surface area contributed by atoms with Crippen molar-refractivity contribution in [2.24, 2.45) is 0 Å². The fraction of sp³-hybridized carbons (Fsp3) is 0.417. The lowest BCUT2D eigenvalue weighted by molar-refractivity contribution is -0.137. The maximum Gasteiger partial charge on any atom is 0.304 e.